The molecule has 0 aliphatic rings. The number of amides is 1. The summed E-state index contributed by atoms with van der Waals surface area (Å²) >= 11 is 0. The summed E-state index contributed by atoms with van der Waals surface area (Å²) in [6, 6.07) is 0. The molecule has 1 amide bonds. The molecular formula is C12H27NO. The van der Waals surface area contributed by atoms with E-state index in [-0.39, 0.29) is 11.8 Å². The van der Waals surface area contributed by atoms with E-state index in [1.807, 2.05) is 20.8 Å². The molecule has 0 rings (SSSR count). The molecule has 0 heterocycles. The van der Waals surface area contributed by atoms with Gasteiger partial charge in [0.1, 0.15) is 0 Å². The second-order valence-electron chi connectivity index (χ2n) is 3.17. The first-order valence-corrected chi connectivity index (χ1v) is 6.03. The van der Waals surface area contributed by atoms with Crippen molar-refractivity contribution < 1.29 is 4.79 Å². The van der Waals surface area contributed by atoms with Crippen LogP contribution in [0, 0.1) is 5.92 Å². The highest BCUT2D eigenvalue weighted by molar-refractivity contribution is 5.78. The Morgan fingerprint density at radius 3 is 1.79 bits per heavy atom. The molecule has 0 fully saturated rings. The Balaban J connectivity index is 0. The Kier molecular flexibility index (Phi) is 14.2. The third-order valence-electron chi connectivity index (χ3n) is 2.00. The lowest BCUT2D eigenvalue weighted by Gasteiger charge is -2.13. The molecule has 0 radical (unpaired) electrons. The van der Waals surface area contributed by atoms with E-state index in [4.69, 9.17) is 0 Å². The summed E-state index contributed by atoms with van der Waals surface area (Å²) in [5.41, 5.74) is 0. The van der Waals surface area contributed by atoms with Gasteiger partial charge in [-0.25, -0.2) is 0 Å². The topological polar surface area (TPSA) is 29.1 Å². The SMILES string of the molecule is CC.CCCC(CCC)C(=O)NCC. The lowest BCUT2D eigenvalue weighted by Crippen LogP contribution is -2.30. The summed E-state index contributed by atoms with van der Waals surface area (Å²) in [5, 5.41) is 2.88. The van der Waals surface area contributed by atoms with Crippen LogP contribution < -0.4 is 5.32 Å². The molecule has 0 aromatic rings. The van der Waals surface area contributed by atoms with Crippen molar-refractivity contribution >= 4 is 5.91 Å². The van der Waals surface area contributed by atoms with E-state index in [9.17, 15) is 4.79 Å². The summed E-state index contributed by atoms with van der Waals surface area (Å²) < 4.78 is 0. The predicted molar refractivity (Wildman–Crippen MR) is 63.3 cm³/mol. The molecule has 14 heavy (non-hydrogen) atoms. The van der Waals surface area contributed by atoms with E-state index in [2.05, 4.69) is 19.2 Å². The maximum atomic E-state index is 11.4. The van der Waals surface area contributed by atoms with Crippen molar-refractivity contribution in [3.05, 3.63) is 0 Å². The molecule has 0 atom stereocenters. The van der Waals surface area contributed by atoms with E-state index in [0.717, 1.165) is 32.2 Å². The van der Waals surface area contributed by atoms with Gasteiger partial charge in [-0.05, 0) is 19.8 Å². The van der Waals surface area contributed by atoms with Crippen LogP contribution in [-0.4, -0.2) is 12.5 Å². The van der Waals surface area contributed by atoms with Crippen LogP contribution >= 0.6 is 0 Å². The summed E-state index contributed by atoms with van der Waals surface area (Å²) in [4.78, 5) is 11.4. The Bertz CT molecular complexity index is 117. The Labute approximate surface area is 89.5 Å². The van der Waals surface area contributed by atoms with Gasteiger partial charge in [0.15, 0.2) is 0 Å². The number of nitrogens with one attached hydrogen (secondary N) is 1. The minimum Gasteiger partial charge on any atom is -0.356 e. The molecule has 0 aliphatic heterocycles. The molecule has 1 N–H and O–H groups in total. The zero-order valence-corrected chi connectivity index (χ0v) is 10.5. The minimum absolute atomic E-state index is 0.237. The monoisotopic (exact) mass is 201 g/mol. The van der Waals surface area contributed by atoms with Crippen LogP contribution in [0.2, 0.25) is 0 Å². The summed E-state index contributed by atoms with van der Waals surface area (Å²) in [6.45, 7) is 11.0. The van der Waals surface area contributed by atoms with Crippen molar-refractivity contribution in [2.45, 2.75) is 60.3 Å². The Morgan fingerprint density at radius 2 is 1.50 bits per heavy atom. The van der Waals surface area contributed by atoms with E-state index < -0.39 is 0 Å². The first kappa shape index (κ1) is 15.9. The van der Waals surface area contributed by atoms with Crippen LogP contribution in [0.25, 0.3) is 0 Å². The lowest BCUT2D eigenvalue weighted by molar-refractivity contribution is -0.125. The van der Waals surface area contributed by atoms with Crippen LogP contribution in [-0.2, 0) is 4.79 Å². The average Bonchev–Trinajstić information content (AvgIpc) is 2.21. The normalized spacial score (nSPS) is 9.29. The maximum absolute atomic E-state index is 11.4. The maximum Gasteiger partial charge on any atom is 0.223 e. The molecule has 0 bridgehead atoms. The van der Waals surface area contributed by atoms with E-state index >= 15 is 0 Å². The van der Waals surface area contributed by atoms with Gasteiger partial charge in [0.25, 0.3) is 0 Å². The molecule has 0 saturated heterocycles. The van der Waals surface area contributed by atoms with E-state index in [0.29, 0.717) is 0 Å². The predicted octanol–water partition coefficient (Wildman–Crippen LogP) is 3.37. The highest BCUT2D eigenvalue weighted by Gasteiger charge is 2.14. The number of hydrogen-bond acceptors (Lipinski definition) is 1. The fraction of sp³-hybridized carbons (Fsp3) is 0.917. The minimum atomic E-state index is 0.237. The van der Waals surface area contributed by atoms with Crippen LogP contribution in [0.4, 0.5) is 0 Å². The van der Waals surface area contributed by atoms with Crippen molar-refractivity contribution in [3.8, 4) is 0 Å². The van der Waals surface area contributed by atoms with Crippen LogP contribution in [0.3, 0.4) is 0 Å². The van der Waals surface area contributed by atoms with E-state index in [1.165, 1.54) is 0 Å². The molecule has 0 aromatic heterocycles. The fourth-order valence-corrected chi connectivity index (χ4v) is 1.42. The van der Waals surface area contributed by atoms with Gasteiger partial charge < -0.3 is 5.32 Å². The van der Waals surface area contributed by atoms with Gasteiger partial charge in [-0.2, -0.15) is 0 Å². The van der Waals surface area contributed by atoms with Crippen molar-refractivity contribution in [1.29, 1.82) is 0 Å². The standard InChI is InChI=1S/C10H21NO.C2H6/c1-4-7-9(8-5-2)10(12)11-6-3;1-2/h9H,4-8H2,1-3H3,(H,11,12);1-2H3. The molecule has 2 nitrogen and oxygen atoms in total. The number of hydrogen-bond donors (Lipinski definition) is 1. The number of carbonyl (C=O) groups is 1. The van der Waals surface area contributed by atoms with Crippen molar-refractivity contribution in [1.82, 2.24) is 5.32 Å². The van der Waals surface area contributed by atoms with Gasteiger partial charge in [0.05, 0.1) is 0 Å². The highest BCUT2D eigenvalue weighted by atomic mass is 16.1. The molecule has 0 unspecified atom stereocenters. The second kappa shape index (κ2) is 12.5. The van der Waals surface area contributed by atoms with Gasteiger partial charge in [-0.15, -0.1) is 0 Å². The third-order valence-corrected chi connectivity index (χ3v) is 2.00. The first-order chi connectivity index (χ1) is 6.76. The quantitative estimate of drug-likeness (QED) is 0.701. The molecule has 0 saturated carbocycles. The van der Waals surface area contributed by atoms with Crippen molar-refractivity contribution in [3.63, 3.8) is 0 Å². The highest BCUT2D eigenvalue weighted by Crippen LogP contribution is 2.13. The first-order valence-electron chi connectivity index (χ1n) is 6.03. The third kappa shape index (κ3) is 8.09. The van der Waals surface area contributed by atoms with E-state index in [1.54, 1.807) is 0 Å². The molecule has 0 spiro atoms. The van der Waals surface area contributed by atoms with Crippen LogP contribution in [0.15, 0.2) is 0 Å². The Hall–Kier alpha value is -0.530. The van der Waals surface area contributed by atoms with Crippen LogP contribution in [0.1, 0.15) is 60.3 Å². The van der Waals surface area contributed by atoms with Gasteiger partial charge in [-0.3, -0.25) is 4.79 Å². The number of carbonyl (C=O) groups excluding carboxylic acids is 1. The van der Waals surface area contributed by atoms with Crippen molar-refractivity contribution in [2.75, 3.05) is 6.54 Å². The van der Waals surface area contributed by atoms with Crippen molar-refractivity contribution in [2.24, 2.45) is 5.92 Å². The lowest BCUT2D eigenvalue weighted by atomic mass is 9.97. The van der Waals surface area contributed by atoms with Crippen LogP contribution in [0.5, 0.6) is 0 Å². The van der Waals surface area contributed by atoms with Gasteiger partial charge in [0.2, 0.25) is 5.91 Å². The average molecular weight is 201 g/mol. The number of rotatable bonds is 6. The Morgan fingerprint density at radius 1 is 1.07 bits per heavy atom. The summed E-state index contributed by atoms with van der Waals surface area (Å²) in [5.74, 6) is 0.487. The molecule has 86 valence electrons. The second-order valence-corrected chi connectivity index (χ2v) is 3.17. The zero-order valence-electron chi connectivity index (χ0n) is 10.5. The largest absolute Gasteiger partial charge is 0.356 e. The zero-order chi connectivity index (χ0) is 11.4. The summed E-state index contributed by atoms with van der Waals surface area (Å²) in [6.07, 6.45) is 4.25. The molecular weight excluding hydrogens is 174 g/mol. The van der Waals surface area contributed by atoms with Gasteiger partial charge in [0, 0.05) is 12.5 Å². The smallest absolute Gasteiger partial charge is 0.223 e. The molecule has 2 heteroatoms. The molecule has 0 aliphatic carbocycles. The summed E-state index contributed by atoms with van der Waals surface area (Å²) in [7, 11) is 0. The molecule has 0 aromatic carbocycles. The van der Waals surface area contributed by atoms with Gasteiger partial charge >= 0.3 is 0 Å². The van der Waals surface area contributed by atoms with Gasteiger partial charge in [-0.1, -0.05) is 40.5 Å². The fourth-order valence-electron chi connectivity index (χ4n) is 1.42.